The molecule has 0 aliphatic carbocycles. The van der Waals surface area contributed by atoms with Crippen LogP contribution in [0.3, 0.4) is 0 Å². The third-order valence-corrected chi connectivity index (χ3v) is 5.30. The molecule has 8 bridgehead atoms. The van der Waals surface area contributed by atoms with Gasteiger partial charge in [0.15, 0.2) is 0 Å². The van der Waals surface area contributed by atoms with Gasteiger partial charge < -0.3 is 9.97 Å². The minimum Gasteiger partial charge on any atom is -0.355 e. The summed E-state index contributed by atoms with van der Waals surface area (Å²) < 4.78 is 0. The van der Waals surface area contributed by atoms with E-state index in [2.05, 4.69) is 71.5 Å². The molecule has 29 heavy (non-hydrogen) atoms. The number of hydrogen-bond acceptors (Lipinski definition) is 2. The molecule has 0 radical (unpaired) electrons. The lowest BCUT2D eigenvalue weighted by Crippen LogP contribution is -1.83. The maximum Gasteiger partial charge on any atom is 0.0690 e. The fraction of sp³-hybridized carbons (Fsp3) is 0.200. The van der Waals surface area contributed by atoms with E-state index in [9.17, 15) is 0 Å². The largest absolute Gasteiger partial charge is 0.355 e. The molecule has 3 aromatic heterocycles. The zero-order valence-electron chi connectivity index (χ0n) is 16.6. The Balaban J connectivity index is 1.71. The van der Waals surface area contributed by atoms with Crippen molar-refractivity contribution in [2.24, 2.45) is 0 Å². The molecular formula is C25H24N4. The Morgan fingerprint density at radius 3 is 1.90 bits per heavy atom. The summed E-state index contributed by atoms with van der Waals surface area (Å²) in [7, 11) is 0. The molecule has 4 nitrogen and oxygen atoms in total. The first-order valence-electron chi connectivity index (χ1n) is 10.3. The Kier molecular flexibility index (Phi) is 4.60. The zero-order valence-corrected chi connectivity index (χ0v) is 16.6. The number of allylic oxidation sites excluding steroid dienone is 1. The number of nitrogens with one attached hydrogen (secondary N) is 2. The number of aromatic amines is 2. The maximum absolute atomic E-state index is 4.91. The average molecular weight is 380 g/mol. The fourth-order valence-corrected chi connectivity index (χ4v) is 3.84. The van der Waals surface area contributed by atoms with E-state index in [1.165, 1.54) is 24.8 Å². The van der Waals surface area contributed by atoms with Gasteiger partial charge in [0.1, 0.15) is 0 Å². The van der Waals surface area contributed by atoms with Crippen molar-refractivity contribution >= 4 is 45.9 Å². The van der Waals surface area contributed by atoms with Gasteiger partial charge in [-0.2, -0.15) is 0 Å². The highest BCUT2D eigenvalue weighted by Gasteiger charge is 2.10. The van der Waals surface area contributed by atoms with E-state index in [1.54, 1.807) is 0 Å². The van der Waals surface area contributed by atoms with Crippen molar-refractivity contribution in [1.82, 2.24) is 19.9 Å². The highest BCUT2D eigenvalue weighted by atomic mass is 14.8. The molecule has 0 saturated heterocycles. The van der Waals surface area contributed by atoms with Crippen molar-refractivity contribution in [2.45, 2.75) is 32.6 Å². The molecule has 144 valence electrons. The summed E-state index contributed by atoms with van der Waals surface area (Å²) in [5, 5.41) is 0. The van der Waals surface area contributed by atoms with Gasteiger partial charge in [0, 0.05) is 22.1 Å². The van der Waals surface area contributed by atoms with Gasteiger partial charge in [0.2, 0.25) is 0 Å². The Hall–Kier alpha value is -3.40. The van der Waals surface area contributed by atoms with Crippen LogP contribution >= 0.6 is 0 Å². The van der Waals surface area contributed by atoms with Crippen LogP contribution in [0.2, 0.25) is 0 Å². The molecule has 0 amide bonds. The van der Waals surface area contributed by atoms with Crippen LogP contribution in [0.15, 0.2) is 48.5 Å². The molecular weight excluding hydrogens is 356 g/mol. The van der Waals surface area contributed by atoms with Crippen molar-refractivity contribution in [3.8, 4) is 0 Å². The van der Waals surface area contributed by atoms with Crippen LogP contribution in [0.4, 0.5) is 0 Å². The summed E-state index contributed by atoms with van der Waals surface area (Å²) in [6, 6.07) is 16.8. The SMILES string of the molecule is CCCCCC1=Cc2cc3ccc(cc4nc(cc5ccc(cc1n2)[nH]5)C=C4)[nH]3. The van der Waals surface area contributed by atoms with Gasteiger partial charge in [-0.05, 0) is 85.2 Å². The lowest BCUT2D eigenvalue weighted by Gasteiger charge is -2.00. The predicted octanol–water partition coefficient (Wildman–Crippen LogP) is 6.61. The first-order valence-corrected chi connectivity index (χ1v) is 10.3. The molecule has 0 saturated carbocycles. The van der Waals surface area contributed by atoms with Crippen LogP contribution in [0, 0.1) is 0 Å². The number of aromatic nitrogens is 4. The van der Waals surface area contributed by atoms with E-state index in [1.807, 2.05) is 12.2 Å². The maximum atomic E-state index is 4.91. The Labute approximate surface area is 170 Å². The van der Waals surface area contributed by atoms with Crippen LogP contribution in [-0.2, 0) is 0 Å². The molecule has 5 heterocycles. The third kappa shape index (κ3) is 3.92. The first-order chi connectivity index (χ1) is 14.2. The first kappa shape index (κ1) is 17.7. The number of rotatable bonds is 4. The van der Waals surface area contributed by atoms with Gasteiger partial charge in [0.05, 0.1) is 22.8 Å². The lowest BCUT2D eigenvalue weighted by molar-refractivity contribution is 0.736. The fourth-order valence-electron chi connectivity index (χ4n) is 3.84. The van der Waals surface area contributed by atoms with E-state index in [4.69, 9.17) is 9.97 Å². The monoisotopic (exact) mass is 380 g/mol. The normalized spacial score (nSPS) is 12.9. The van der Waals surface area contributed by atoms with Crippen molar-refractivity contribution < 1.29 is 0 Å². The Morgan fingerprint density at radius 2 is 1.28 bits per heavy atom. The van der Waals surface area contributed by atoms with Gasteiger partial charge in [-0.25, -0.2) is 9.97 Å². The predicted molar refractivity (Wildman–Crippen MR) is 122 cm³/mol. The molecule has 0 spiro atoms. The number of nitrogens with zero attached hydrogens (tertiary/aromatic N) is 2. The topological polar surface area (TPSA) is 57.4 Å². The van der Waals surface area contributed by atoms with Crippen LogP contribution in [-0.4, -0.2) is 19.9 Å². The van der Waals surface area contributed by atoms with Crippen LogP contribution in [0.25, 0.3) is 45.9 Å². The van der Waals surface area contributed by atoms with Gasteiger partial charge >= 0.3 is 0 Å². The van der Waals surface area contributed by atoms with Crippen LogP contribution < -0.4 is 0 Å². The summed E-state index contributed by atoms with van der Waals surface area (Å²) in [5.41, 5.74) is 9.45. The van der Waals surface area contributed by atoms with Crippen molar-refractivity contribution in [3.05, 3.63) is 71.3 Å². The molecule has 0 atom stereocenters. The minimum atomic E-state index is 0.946. The summed E-state index contributed by atoms with van der Waals surface area (Å²) in [6.07, 6.45) is 11.0. The molecule has 0 fully saturated rings. The van der Waals surface area contributed by atoms with Gasteiger partial charge in [-0.15, -0.1) is 0 Å². The van der Waals surface area contributed by atoms with E-state index in [-0.39, 0.29) is 0 Å². The summed E-state index contributed by atoms with van der Waals surface area (Å²) >= 11 is 0. The Morgan fingerprint density at radius 1 is 0.690 bits per heavy atom. The molecule has 2 N–H and O–H groups in total. The smallest absolute Gasteiger partial charge is 0.0690 e. The highest BCUT2D eigenvalue weighted by molar-refractivity contribution is 5.84. The van der Waals surface area contributed by atoms with Crippen LogP contribution in [0.5, 0.6) is 0 Å². The minimum absolute atomic E-state index is 0.946. The van der Waals surface area contributed by atoms with E-state index < -0.39 is 0 Å². The summed E-state index contributed by atoms with van der Waals surface area (Å²) in [5.74, 6) is 0. The van der Waals surface area contributed by atoms with Gasteiger partial charge in [0.25, 0.3) is 0 Å². The molecule has 2 aliphatic heterocycles. The second-order valence-corrected chi connectivity index (χ2v) is 7.66. The standard InChI is InChI=1S/C25H24N4/c1-2-3-4-5-17-12-24-15-22-9-8-20(27-22)13-18-6-7-19(26-18)14-21-10-11-23(28-21)16-25(17)29-24/h6-16,27-28H,2-5H2,1H3. The number of fused-ring (bicyclic) bond motifs is 8. The van der Waals surface area contributed by atoms with Gasteiger partial charge in [-0.1, -0.05) is 19.8 Å². The Bertz CT molecular complexity index is 1270. The third-order valence-electron chi connectivity index (χ3n) is 5.30. The quantitative estimate of drug-likeness (QED) is 0.392. The molecule has 2 aliphatic rings. The van der Waals surface area contributed by atoms with Crippen molar-refractivity contribution in [1.29, 1.82) is 0 Å². The molecule has 0 aromatic carbocycles. The second kappa shape index (κ2) is 7.55. The van der Waals surface area contributed by atoms with Crippen molar-refractivity contribution in [2.75, 3.05) is 0 Å². The van der Waals surface area contributed by atoms with Crippen molar-refractivity contribution in [3.63, 3.8) is 0 Å². The van der Waals surface area contributed by atoms with E-state index in [0.717, 1.165) is 51.3 Å². The zero-order chi connectivity index (χ0) is 19.6. The molecule has 5 rings (SSSR count). The van der Waals surface area contributed by atoms with E-state index >= 15 is 0 Å². The summed E-state index contributed by atoms with van der Waals surface area (Å²) in [6.45, 7) is 2.24. The van der Waals surface area contributed by atoms with E-state index in [0.29, 0.717) is 0 Å². The number of hydrogen-bond donors (Lipinski definition) is 2. The number of H-pyrrole nitrogens is 2. The molecule has 0 unspecified atom stereocenters. The van der Waals surface area contributed by atoms with Crippen LogP contribution in [0.1, 0.15) is 55.4 Å². The molecule has 3 aromatic rings. The molecule has 4 heteroatoms. The second-order valence-electron chi connectivity index (χ2n) is 7.66. The summed E-state index contributed by atoms with van der Waals surface area (Å²) in [4.78, 5) is 16.5. The highest BCUT2D eigenvalue weighted by Crippen LogP contribution is 2.27. The number of unbranched alkanes of at least 4 members (excludes halogenated alkanes) is 2. The van der Waals surface area contributed by atoms with Gasteiger partial charge in [-0.3, -0.25) is 0 Å². The average Bonchev–Trinajstić information content (AvgIpc) is 3.47. The lowest BCUT2D eigenvalue weighted by atomic mass is 10.0.